The van der Waals surface area contributed by atoms with Crippen LogP contribution in [0, 0.1) is 0 Å². The maximum atomic E-state index is 12.8. The number of halogens is 1. The van der Waals surface area contributed by atoms with E-state index >= 15 is 0 Å². The Morgan fingerprint density at radius 2 is 1.85 bits per heavy atom. The van der Waals surface area contributed by atoms with Crippen molar-refractivity contribution in [3.8, 4) is 0 Å². The maximum absolute atomic E-state index is 12.8. The van der Waals surface area contributed by atoms with Crippen LogP contribution in [0.3, 0.4) is 0 Å². The number of carbonyl (C=O) groups is 1. The van der Waals surface area contributed by atoms with Crippen LogP contribution in [0.2, 0.25) is 5.02 Å². The molecule has 0 fully saturated rings. The van der Waals surface area contributed by atoms with Gasteiger partial charge in [0.1, 0.15) is 6.54 Å². The van der Waals surface area contributed by atoms with Crippen molar-refractivity contribution in [1.82, 2.24) is 5.32 Å². The second-order valence-electron chi connectivity index (χ2n) is 8.89. The van der Waals surface area contributed by atoms with E-state index in [1.807, 2.05) is 36.4 Å². The SMILES string of the molecule is C=C1Nc2cc(C(=O)NCCC[NH+](Cc3ccccc3)C(C)C)ccc2Sc2ccc(Cl)cc21. The summed E-state index contributed by atoms with van der Waals surface area (Å²) in [6.45, 7) is 11.3. The number of carbonyl (C=O) groups excluding carboxylic acids is 1. The monoisotopic (exact) mass is 492 g/mol. The lowest BCUT2D eigenvalue weighted by molar-refractivity contribution is -0.935. The summed E-state index contributed by atoms with van der Waals surface area (Å²) in [6, 6.07) is 22.7. The van der Waals surface area contributed by atoms with Gasteiger partial charge in [-0.15, -0.1) is 0 Å². The zero-order valence-corrected chi connectivity index (χ0v) is 21.2. The first-order valence-corrected chi connectivity index (χ1v) is 12.8. The first kappa shape index (κ1) is 24.4. The number of nitrogens with one attached hydrogen (secondary N) is 3. The van der Waals surface area contributed by atoms with Gasteiger partial charge in [-0.2, -0.15) is 0 Å². The molecule has 4 nitrogen and oxygen atoms in total. The average molecular weight is 493 g/mol. The number of anilines is 1. The van der Waals surface area contributed by atoms with E-state index in [-0.39, 0.29) is 5.91 Å². The molecule has 0 aromatic heterocycles. The van der Waals surface area contributed by atoms with Gasteiger partial charge in [0.2, 0.25) is 0 Å². The Balaban J connectivity index is 1.34. The van der Waals surface area contributed by atoms with Gasteiger partial charge in [-0.05, 0) is 50.2 Å². The molecule has 0 spiro atoms. The molecule has 0 saturated heterocycles. The molecular formula is C28H31ClN3OS+. The summed E-state index contributed by atoms with van der Waals surface area (Å²) in [5.41, 5.74) is 4.62. The van der Waals surface area contributed by atoms with Gasteiger partial charge in [0.25, 0.3) is 5.91 Å². The lowest BCUT2D eigenvalue weighted by atomic mass is 10.1. The standard InChI is InChI=1S/C28H30ClN3OS/c1-19(2)32(18-21-8-5-4-6-9-21)15-7-14-30-28(33)22-10-12-27-25(16-22)31-20(3)24-17-23(29)11-13-26(24)34-27/h4-6,8-13,16-17,19,31H,3,7,14-15,18H2,1-2H3,(H,30,33)/p+1. The summed E-state index contributed by atoms with van der Waals surface area (Å²) in [4.78, 5) is 16.5. The number of fused-ring (bicyclic) bond motifs is 2. The fourth-order valence-electron chi connectivity index (χ4n) is 4.09. The summed E-state index contributed by atoms with van der Waals surface area (Å²) in [5, 5.41) is 7.13. The van der Waals surface area contributed by atoms with Gasteiger partial charge in [-0.3, -0.25) is 4.79 Å². The van der Waals surface area contributed by atoms with Crippen molar-refractivity contribution < 1.29 is 9.69 Å². The molecule has 3 N–H and O–H groups in total. The highest BCUT2D eigenvalue weighted by Gasteiger charge is 2.19. The van der Waals surface area contributed by atoms with Crippen LogP contribution < -0.4 is 15.5 Å². The van der Waals surface area contributed by atoms with Crippen molar-refractivity contribution in [3.05, 3.63) is 95.0 Å². The zero-order valence-electron chi connectivity index (χ0n) is 19.7. The highest BCUT2D eigenvalue weighted by Crippen LogP contribution is 2.42. The lowest BCUT2D eigenvalue weighted by Gasteiger charge is -2.23. The van der Waals surface area contributed by atoms with Crippen molar-refractivity contribution in [2.24, 2.45) is 0 Å². The quantitative estimate of drug-likeness (QED) is 0.364. The highest BCUT2D eigenvalue weighted by molar-refractivity contribution is 7.99. The van der Waals surface area contributed by atoms with E-state index in [2.05, 4.69) is 61.4 Å². The summed E-state index contributed by atoms with van der Waals surface area (Å²) >= 11 is 7.83. The third kappa shape index (κ3) is 6.03. The Kier molecular flexibility index (Phi) is 7.99. The second-order valence-corrected chi connectivity index (χ2v) is 10.4. The predicted molar refractivity (Wildman–Crippen MR) is 143 cm³/mol. The van der Waals surface area contributed by atoms with Crippen LogP contribution in [0.25, 0.3) is 5.70 Å². The zero-order chi connectivity index (χ0) is 24.1. The van der Waals surface area contributed by atoms with Crippen LogP contribution in [0.1, 0.15) is 41.8 Å². The Labute approximate surface area is 211 Å². The highest BCUT2D eigenvalue weighted by atomic mass is 35.5. The molecular weight excluding hydrogens is 462 g/mol. The minimum absolute atomic E-state index is 0.0563. The van der Waals surface area contributed by atoms with E-state index in [1.54, 1.807) is 11.8 Å². The number of hydrogen-bond donors (Lipinski definition) is 3. The molecule has 1 heterocycles. The van der Waals surface area contributed by atoms with Crippen molar-refractivity contribution in [2.75, 3.05) is 18.4 Å². The summed E-state index contributed by atoms with van der Waals surface area (Å²) in [6.07, 6.45) is 0.929. The molecule has 1 amide bonds. The van der Waals surface area contributed by atoms with Gasteiger partial charge in [0.05, 0.1) is 18.3 Å². The molecule has 0 aliphatic carbocycles. The first-order valence-electron chi connectivity index (χ1n) is 11.6. The van der Waals surface area contributed by atoms with E-state index < -0.39 is 0 Å². The Hall–Kier alpha value is -2.73. The number of quaternary nitrogens is 1. The van der Waals surface area contributed by atoms with E-state index in [1.165, 1.54) is 10.5 Å². The Morgan fingerprint density at radius 3 is 2.62 bits per heavy atom. The van der Waals surface area contributed by atoms with Crippen molar-refractivity contribution in [1.29, 1.82) is 0 Å². The Bertz CT molecular complexity index is 1180. The Morgan fingerprint density at radius 1 is 1.09 bits per heavy atom. The van der Waals surface area contributed by atoms with Gasteiger partial charge < -0.3 is 15.5 Å². The van der Waals surface area contributed by atoms with Crippen molar-refractivity contribution in [3.63, 3.8) is 0 Å². The maximum Gasteiger partial charge on any atom is 0.251 e. The van der Waals surface area contributed by atoms with Crippen LogP contribution in [-0.4, -0.2) is 25.0 Å². The summed E-state index contributed by atoms with van der Waals surface area (Å²) in [7, 11) is 0. The minimum Gasteiger partial charge on any atom is -0.355 e. The van der Waals surface area contributed by atoms with Crippen molar-refractivity contribution in [2.45, 2.75) is 42.6 Å². The fraction of sp³-hybridized carbons (Fsp3) is 0.250. The summed E-state index contributed by atoms with van der Waals surface area (Å²) < 4.78 is 0. The predicted octanol–water partition coefficient (Wildman–Crippen LogP) is 5.50. The smallest absolute Gasteiger partial charge is 0.251 e. The number of benzene rings is 3. The van der Waals surface area contributed by atoms with E-state index in [0.29, 0.717) is 23.2 Å². The van der Waals surface area contributed by atoms with Crippen LogP contribution in [0.5, 0.6) is 0 Å². The van der Waals surface area contributed by atoms with E-state index in [0.717, 1.165) is 46.2 Å². The summed E-state index contributed by atoms with van der Waals surface area (Å²) in [5.74, 6) is -0.0563. The molecule has 1 unspecified atom stereocenters. The molecule has 3 aromatic rings. The number of rotatable bonds is 8. The van der Waals surface area contributed by atoms with Crippen LogP contribution in [0.15, 0.2) is 83.1 Å². The van der Waals surface area contributed by atoms with E-state index in [9.17, 15) is 4.79 Å². The molecule has 1 aliphatic rings. The topological polar surface area (TPSA) is 45.6 Å². The van der Waals surface area contributed by atoms with Gasteiger partial charge in [-0.25, -0.2) is 0 Å². The van der Waals surface area contributed by atoms with Gasteiger partial charge in [0.15, 0.2) is 0 Å². The van der Waals surface area contributed by atoms with Gasteiger partial charge >= 0.3 is 0 Å². The molecule has 1 aliphatic heterocycles. The minimum atomic E-state index is -0.0563. The number of amides is 1. The molecule has 0 radical (unpaired) electrons. The third-order valence-corrected chi connectivity index (χ3v) is 7.45. The lowest BCUT2D eigenvalue weighted by Crippen LogP contribution is -3.13. The molecule has 176 valence electrons. The van der Waals surface area contributed by atoms with Gasteiger partial charge in [-0.1, -0.05) is 60.3 Å². The average Bonchev–Trinajstić information content (AvgIpc) is 2.96. The molecule has 4 rings (SSSR count). The first-order chi connectivity index (χ1) is 16.4. The molecule has 1 atom stereocenters. The molecule has 34 heavy (non-hydrogen) atoms. The van der Waals surface area contributed by atoms with Crippen molar-refractivity contribution >= 4 is 40.7 Å². The molecule has 3 aromatic carbocycles. The molecule has 0 bridgehead atoms. The van der Waals surface area contributed by atoms with Crippen LogP contribution >= 0.6 is 23.4 Å². The largest absolute Gasteiger partial charge is 0.355 e. The van der Waals surface area contributed by atoms with Crippen LogP contribution in [0.4, 0.5) is 5.69 Å². The second kappa shape index (κ2) is 11.1. The third-order valence-electron chi connectivity index (χ3n) is 6.06. The molecule has 0 saturated carbocycles. The molecule has 6 heteroatoms. The number of hydrogen-bond acceptors (Lipinski definition) is 3. The van der Waals surface area contributed by atoms with E-state index in [4.69, 9.17) is 11.6 Å². The van der Waals surface area contributed by atoms with Crippen LogP contribution in [-0.2, 0) is 6.54 Å². The fourth-order valence-corrected chi connectivity index (χ4v) is 5.29. The van der Waals surface area contributed by atoms with Gasteiger partial charge in [0, 0.05) is 50.2 Å². The normalized spacial score (nSPS) is 13.5.